The van der Waals surface area contributed by atoms with Gasteiger partial charge in [-0.25, -0.2) is 50.5 Å². The van der Waals surface area contributed by atoms with Gasteiger partial charge in [0, 0.05) is 0 Å². The van der Waals surface area contributed by atoms with Crippen molar-refractivity contribution in [1.29, 1.82) is 0 Å². The van der Waals surface area contributed by atoms with Crippen molar-refractivity contribution in [2.45, 2.75) is 37.6 Å². The van der Waals surface area contributed by atoms with Crippen LogP contribution in [0.15, 0.2) is 32.3 Å². The van der Waals surface area contributed by atoms with Gasteiger partial charge in [-0.15, -0.1) is 0 Å². The molecule has 0 aromatic rings. The fourth-order valence-corrected chi connectivity index (χ4v) is 10.9. The van der Waals surface area contributed by atoms with E-state index in [1.54, 1.807) is 0 Å². The Bertz CT molecular complexity index is 1840. The topological polar surface area (TPSA) is 205 Å². The first-order valence-electron chi connectivity index (χ1n) is 9.69. The Labute approximate surface area is 258 Å². The lowest BCUT2D eigenvalue weighted by molar-refractivity contribution is -0.0472. The summed E-state index contributed by atoms with van der Waals surface area (Å²) in [6.45, 7) is 0. The summed E-state index contributed by atoms with van der Waals surface area (Å²) in [4.78, 5) is 0. The number of hydrogen-bond donors (Lipinski definition) is 0. The van der Waals surface area contributed by atoms with Crippen LogP contribution in [-0.2, 0) is 59.0 Å². The van der Waals surface area contributed by atoms with Gasteiger partial charge in [-0.1, -0.05) is 0 Å². The summed E-state index contributed by atoms with van der Waals surface area (Å²) in [5, 5.41) is 0. The minimum atomic E-state index is -8.51. The highest BCUT2D eigenvalue weighted by Gasteiger charge is 2.64. The van der Waals surface area contributed by atoms with Gasteiger partial charge in [-0.2, -0.15) is 79.0 Å². The van der Waals surface area contributed by atoms with Crippen LogP contribution in [0.25, 0.3) is 0 Å². The third-order valence-electron chi connectivity index (χ3n) is 4.43. The molecule has 49 heavy (non-hydrogen) atoms. The zero-order valence-corrected chi connectivity index (χ0v) is 25.9. The van der Waals surface area contributed by atoms with E-state index in [0.717, 1.165) is 0 Å². The van der Waals surface area contributed by atoms with Crippen LogP contribution in [0.3, 0.4) is 0 Å². The van der Waals surface area contributed by atoms with E-state index in [9.17, 15) is 130 Å². The van der Waals surface area contributed by atoms with Gasteiger partial charge in [0.05, 0.1) is 0 Å². The molecule has 0 rings (SSSR count). The van der Waals surface area contributed by atoms with Crippen molar-refractivity contribution < 1.29 is 130 Å². The van der Waals surface area contributed by atoms with Crippen molar-refractivity contribution in [1.82, 2.24) is 0 Å². The summed E-state index contributed by atoms with van der Waals surface area (Å²) in [6.07, 6.45) is -7.29. The summed E-state index contributed by atoms with van der Waals surface area (Å²) in [6, 6.07) is 0. The number of alkyl halides is 18. The van der Waals surface area contributed by atoms with Gasteiger partial charge >= 0.3 is 33.0 Å². The molecule has 0 aliphatic heterocycles. The van der Waals surface area contributed by atoms with Crippen molar-refractivity contribution >= 4 is 59.0 Å². The first-order valence-corrected chi connectivity index (χ1v) is 18.7. The van der Waals surface area contributed by atoms with Gasteiger partial charge in [-0.3, -0.25) is 0 Å². The Morgan fingerprint density at radius 2 is 0.531 bits per heavy atom. The van der Waals surface area contributed by atoms with Gasteiger partial charge in [-0.05, 0) is 23.8 Å². The van der Waals surface area contributed by atoms with E-state index in [1.807, 2.05) is 0 Å². The maximum Gasteiger partial charge on any atom is 0.502 e. The van der Waals surface area contributed by atoms with Crippen molar-refractivity contribution in [3.05, 3.63) is 32.3 Å². The maximum absolute atomic E-state index is 13.1. The minimum absolute atomic E-state index is 2.39. The molecule has 0 aliphatic rings. The molecule has 0 atom stereocenters. The van der Waals surface area contributed by atoms with Gasteiger partial charge in [0.1, 0.15) is 0 Å². The molecule has 0 aliphatic carbocycles. The lowest BCUT2D eigenvalue weighted by Gasteiger charge is -2.20. The standard InChI is InChI=1S/C13H4F18O12S6/c14-8(15,16)44(32,33)5(45(34,35)9(17,18)19)1-4(2-6(46(36,37)10(20,21)22)47(38,39)11(23,24)25)3-7(48(40,41)12(26,27)28)49(42,43)13(29,30)31/h1-3,5H. The summed E-state index contributed by atoms with van der Waals surface area (Å²) in [5.41, 5.74) is -49.0. The molecule has 0 radical (unpaired) electrons. The number of hydrogen-bond acceptors (Lipinski definition) is 12. The van der Waals surface area contributed by atoms with Crippen LogP contribution in [0, 0.1) is 0 Å². The summed E-state index contributed by atoms with van der Waals surface area (Å²) in [5.74, 6) is 0. The highest BCUT2D eigenvalue weighted by atomic mass is 32.3. The number of sulfone groups is 6. The second-order valence-corrected chi connectivity index (χ2v) is 20.3. The molecule has 0 N–H and O–H groups in total. The molecular formula is C13H4F18O12S6. The molecule has 0 saturated heterocycles. The van der Waals surface area contributed by atoms with Crippen molar-refractivity contribution in [2.75, 3.05) is 0 Å². The van der Waals surface area contributed by atoms with Crippen molar-refractivity contribution in [3.63, 3.8) is 0 Å². The van der Waals surface area contributed by atoms with Crippen LogP contribution in [0.1, 0.15) is 0 Å². The highest BCUT2D eigenvalue weighted by Crippen LogP contribution is 2.43. The maximum atomic E-state index is 13.1. The molecule has 0 spiro atoms. The van der Waals surface area contributed by atoms with E-state index in [1.165, 1.54) is 0 Å². The lowest BCUT2D eigenvalue weighted by atomic mass is 10.2. The van der Waals surface area contributed by atoms with E-state index in [4.69, 9.17) is 0 Å². The molecule has 0 fully saturated rings. The zero-order chi connectivity index (χ0) is 40.4. The van der Waals surface area contributed by atoms with E-state index in [2.05, 4.69) is 0 Å². The smallest absolute Gasteiger partial charge is 0.218 e. The van der Waals surface area contributed by atoms with Crippen LogP contribution in [0.5, 0.6) is 0 Å². The SMILES string of the molecule is O=S(=O)(C(=CC(=CC(S(=O)(=O)C(F)(F)F)S(=O)(=O)C(F)(F)F)C=C(S(=O)(=O)C(F)(F)F)S(=O)(=O)C(F)(F)F)S(=O)(=O)C(F)(F)F)C(F)(F)F. The molecule has 12 nitrogen and oxygen atoms in total. The summed E-state index contributed by atoms with van der Waals surface area (Å²) < 4.78 is 360. The second-order valence-electron chi connectivity index (χ2n) is 7.74. The van der Waals surface area contributed by atoms with Gasteiger partial charge in [0.25, 0.3) is 59.0 Å². The van der Waals surface area contributed by atoms with Crippen LogP contribution in [-0.4, -0.2) is 88.1 Å². The fourth-order valence-electron chi connectivity index (χ4n) is 2.23. The Morgan fingerprint density at radius 3 is 0.673 bits per heavy atom. The van der Waals surface area contributed by atoms with Crippen molar-refractivity contribution in [2.24, 2.45) is 0 Å². The van der Waals surface area contributed by atoms with Crippen LogP contribution in [0.4, 0.5) is 79.0 Å². The Hall–Kier alpha value is -2.34. The van der Waals surface area contributed by atoms with Crippen molar-refractivity contribution in [3.8, 4) is 0 Å². The first-order chi connectivity index (χ1) is 20.7. The average molecular weight is 887 g/mol. The number of rotatable bonds is 9. The molecule has 290 valence electrons. The van der Waals surface area contributed by atoms with E-state index in [0.29, 0.717) is 0 Å². The molecule has 0 aromatic carbocycles. The first kappa shape index (κ1) is 46.7. The van der Waals surface area contributed by atoms with Gasteiger partial charge in [0.2, 0.25) is 0 Å². The second kappa shape index (κ2) is 12.7. The van der Waals surface area contributed by atoms with Crippen LogP contribution < -0.4 is 0 Å². The van der Waals surface area contributed by atoms with E-state index < -0.39 is 129 Å². The number of halogens is 18. The summed E-state index contributed by atoms with van der Waals surface area (Å²) in [7, 11) is -50.9. The summed E-state index contributed by atoms with van der Waals surface area (Å²) >= 11 is 0. The normalized spacial score (nSPS) is 15.5. The molecule has 0 heterocycles. The minimum Gasteiger partial charge on any atom is -0.218 e. The molecule has 0 bridgehead atoms. The molecule has 36 heteroatoms. The largest absolute Gasteiger partial charge is 0.502 e. The molecular weight excluding hydrogens is 882 g/mol. The molecule has 0 aromatic heterocycles. The van der Waals surface area contributed by atoms with Crippen LogP contribution in [0.2, 0.25) is 0 Å². The Kier molecular flexibility index (Phi) is 12.1. The Morgan fingerprint density at radius 1 is 0.347 bits per heavy atom. The third-order valence-corrected chi connectivity index (χ3v) is 16.4. The Balaban J connectivity index is 9.77. The average Bonchev–Trinajstić information content (AvgIpc) is 2.78. The van der Waals surface area contributed by atoms with Gasteiger partial charge in [0.15, 0.2) is 13.1 Å². The zero-order valence-electron chi connectivity index (χ0n) is 21.0. The van der Waals surface area contributed by atoms with E-state index in [-0.39, 0.29) is 0 Å². The predicted octanol–water partition coefficient (Wildman–Crippen LogP) is 3.53. The molecule has 0 saturated carbocycles. The molecule has 0 amide bonds. The number of allylic oxidation sites excluding steroid dienone is 3. The fraction of sp³-hybridized carbons (Fsp3) is 0.538. The highest BCUT2D eigenvalue weighted by molar-refractivity contribution is 8.15. The lowest BCUT2D eigenvalue weighted by Crippen LogP contribution is -2.44. The quantitative estimate of drug-likeness (QED) is 0.241. The van der Waals surface area contributed by atoms with Crippen LogP contribution >= 0.6 is 0 Å². The van der Waals surface area contributed by atoms with E-state index >= 15 is 0 Å². The molecule has 0 unspecified atom stereocenters. The third kappa shape index (κ3) is 8.76. The monoisotopic (exact) mass is 886 g/mol. The van der Waals surface area contributed by atoms with Gasteiger partial charge < -0.3 is 0 Å². The predicted molar refractivity (Wildman–Crippen MR) is 118 cm³/mol.